The van der Waals surface area contributed by atoms with Gasteiger partial charge in [-0.05, 0) is 45.4 Å². The zero-order valence-corrected chi connectivity index (χ0v) is 14.2. The average Bonchev–Trinajstić information content (AvgIpc) is 3.17. The molecule has 2 atom stereocenters. The van der Waals surface area contributed by atoms with Crippen molar-refractivity contribution in [3.8, 4) is 0 Å². The van der Waals surface area contributed by atoms with E-state index < -0.39 is 0 Å². The van der Waals surface area contributed by atoms with Crippen molar-refractivity contribution in [2.24, 2.45) is 5.73 Å². The zero-order valence-electron chi connectivity index (χ0n) is 13.4. The van der Waals surface area contributed by atoms with Gasteiger partial charge in [0, 0.05) is 18.5 Å². The molecule has 1 aromatic rings. The van der Waals surface area contributed by atoms with Crippen molar-refractivity contribution in [2.45, 2.75) is 69.6 Å². The van der Waals surface area contributed by atoms with E-state index in [1.165, 1.54) is 0 Å². The first kappa shape index (κ1) is 18.2. The van der Waals surface area contributed by atoms with E-state index >= 15 is 0 Å². The SMILES string of the molecule is Cc1noc(C2CCC(NC(=O)[C@@H]3CC[C@H](CN)O3)CC2)n1.Cl. The van der Waals surface area contributed by atoms with Gasteiger partial charge in [0.1, 0.15) is 6.10 Å². The highest BCUT2D eigenvalue weighted by Gasteiger charge is 2.32. The molecule has 0 unspecified atom stereocenters. The standard InChI is InChI=1S/C15H24N4O3.ClH/c1-9-17-15(22-19-9)10-2-4-11(5-3-10)18-14(20)13-7-6-12(8-16)21-13;/h10-13H,2-8,16H2,1H3,(H,18,20);1H/t10?,11?,12-,13+;/m1./s1. The van der Waals surface area contributed by atoms with Crippen LogP contribution in [0.1, 0.15) is 56.2 Å². The Kier molecular flexibility index (Phi) is 6.38. The normalized spacial score (nSPS) is 30.7. The predicted octanol–water partition coefficient (Wildman–Crippen LogP) is 1.45. The van der Waals surface area contributed by atoms with Gasteiger partial charge in [0.25, 0.3) is 0 Å². The molecule has 3 rings (SSSR count). The third-order valence-corrected chi connectivity index (χ3v) is 4.63. The molecule has 1 saturated carbocycles. The summed E-state index contributed by atoms with van der Waals surface area (Å²) in [4.78, 5) is 16.5. The van der Waals surface area contributed by atoms with E-state index in [4.69, 9.17) is 15.0 Å². The lowest BCUT2D eigenvalue weighted by Crippen LogP contribution is -2.43. The van der Waals surface area contributed by atoms with Crippen LogP contribution in [0.2, 0.25) is 0 Å². The molecule has 1 saturated heterocycles. The monoisotopic (exact) mass is 344 g/mol. The third kappa shape index (κ3) is 4.43. The minimum Gasteiger partial charge on any atom is -0.364 e. The number of hydrogen-bond donors (Lipinski definition) is 2. The largest absolute Gasteiger partial charge is 0.364 e. The number of nitrogens with two attached hydrogens (primary N) is 1. The highest BCUT2D eigenvalue weighted by atomic mass is 35.5. The molecule has 8 heteroatoms. The Hall–Kier alpha value is -1.18. The summed E-state index contributed by atoms with van der Waals surface area (Å²) in [5.74, 6) is 1.73. The van der Waals surface area contributed by atoms with E-state index in [2.05, 4.69) is 15.5 Å². The Morgan fingerprint density at radius 1 is 1.26 bits per heavy atom. The molecule has 7 nitrogen and oxygen atoms in total. The Balaban J connectivity index is 0.00000192. The number of halogens is 1. The molecule has 3 N–H and O–H groups in total. The molecule has 23 heavy (non-hydrogen) atoms. The van der Waals surface area contributed by atoms with Gasteiger partial charge in [-0.25, -0.2) is 0 Å². The summed E-state index contributed by atoms with van der Waals surface area (Å²) in [6.07, 6.45) is 5.14. The minimum atomic E-state index is -0.329. The summed E-state index contributed by atoms with van der Waals surface area (Å²) in [5, 5.41) is 6.96. The predicted molar refractivity (Wildman–Crippen MR) is 86.4 cm³/mol. The molecular formula is C15H25ClN4O3. The molecule has 0 aromatic carbocycles. The van der Waals surface area contributed by atoms with E-state index in [1.54, 1.807) is 0 Å². The molecule has 0 bridgehead atoms. The van der Waals surface area contributed by atoms with Gasteiger partial charge in [-0.15, -0.1) is 12.4 Å². The van der Waals surface area contributed by atoms with Crippen LogP contribution in [0.5, 0.6) is 0 Å². The fourth-order valence-corrected chi connectivity index (χ4v) is 3.33. The van der Waals surface area contributed by atoms with E-state index in [9.17, 15) is 4.79 Å². The van der Waals surface area contributed by atoms with Crippen molar-refractivity contribution in [3.05, 3.63) is 11.7 Å². The lowest BCUT2D eigenvalue weighted by Gasteiger charge is -2.28. The summed E-state index contributed by atoms with van der Waals surface area (Å²) in [6, 6.07) is 0.216. The maximum absolute atomic E-state index is 12.2. The second kappa shape index (κ2) is 8.08. The van der Waals surface area contributed by atoms with Gasteiger partial charge >= 0.3 is 0 Å². The lowest BCUT2D eigenvalue weighted by molar-refractivity contribution is -0.132. The number of nitrogens with one attached hydrogen (secondary N) is 1. The summed E-state index contributed by atoms with van der Waals surface area (Å²) in [7, 11) is 0. The first-order valence-corrected chi connectivity index (χ1v) is 8.12. The van der Waals surface area contributed by atoms with Gasteiger partial charge in [0.05, 0.1) is 6.10 Å². The number of aryl methyl sites for hydroxylation is 1. The highest BCUT2D eigenvalue weighted by Crippen LogP contribution is 2.32. The minimum absolute atomic E-state index is 0. The second-order valence-electron chi connectivity index (χ2n) is 6.30. The first-order chi connectivity index (χ1) is 10.7. The quantitative estimate of drug-likeness (QED) is 0.856. The number of ether oxygens (including phenoxy) is 1. The molecule has 1 aliphatic heterocycles. The van der Waals surface area contributed by atoms with Crippen LogP contribution in [0.4, 0.5) is 0 Å². The Morgan fingerprint density at radius 2 is 2.00 bits per heavy atom. The maximum atomic E-state index is 12.2. The molecule has 130 valence electrons. The van der Waals surface area contributed by atoms with Crippen LogP contribution >= 0.6 is 12.4 Å². The number of amides is 1. The van der Waals surface area contributed by atoms with Gasteiger partial charge in [-0.2, -0.15) is 4.98 Å². The third-order valence-electron chi connectivity index (χ3n) is 4.63. The highest BCUT2D eigenvalue weighted by molar-refractivity contribution is 5.85. The average molecular weight is 345 g/mol. The zero-order chi connectivity index (χ0) is 15.5. The second-order valence-corrected chi connectivity index (χ2v) is 6.30. The van der Waals surface area contributed by atoms with Crippen molar-refractivity contribution in [1.82, 2.24) is 15.5 Å². The van der Waals surface area contributed by atoms with Crippen molar-refractivity contribution in [1.29, 1.82) is 0 Å². The number of rotatable bonds is 4. The van der Waals surface area contributed by atoms with Gasteiger partial charge in [0.2, 0.25) is 11.8 Å². The maximum Gasteiger partial charge on any atom is 0.249 e. The number of aromatic nitrogens is 2. The Labute approximate surface area is 142 Å². The van der Waals surface area contributed by atoms with Crippen LogP contribution in [0.3, 0.4) is 0 Å². The van der Waals surface area contributed by atoms with E-state index in [0.29, 0.717) is 18.3 Å². The topological polar surface area (TPSA) is 103 Å². The van der Waals surface area contributed by atoms with E-state index in [0.717, 1.165) is 44.4 Å². The van der Waals surface area contributed by atoms with E-state index in [-0.39, 0.29) is 36.6 Å². The number of hydrogen-bond acceptors (Lipinski definition) is 6. The first-order valence-electron chi connectivity index (χ1n) is 8.12. The van der Waals surface area contributed by atoms with E-state index in [1.807, 2.05) is 6.92 Å². The molecule has 2 aliphatic rings. The molecular weight excluding hydrogens is 320 g/mol. The van der Waals surface area contributed by atoms with Crippen LogP contribution in [-0.2, 0) is 9.53 Å². The van der Waals surface area contributed by atoms with Crippen molar-refractivity contribution < 1.29 is 14.1 Å². The molecule has 1 aromatic heterocycles. The fraction of sp³-hybridized carbons (Fsp3) is 0.800. The summed E-state index contributed by atoms with van der Waals surface area (Å²) < 4.78 is 10.9. The Morgan fingerprint density at radius 3 is 2.57 bits per heavy atom. The Bertz CT molecular complexity index is 517. The smallest absolute Gasteiger partial charge is 0.249 e. The number of carbonyl (C=O) groups is 1. The van der Waals surface area contributed by atoms with Gasteiger partial charge < -0.3 is 20.3 Å². The number of nitrogens with zero attached hydrogens (tertiary/aromatic N) is 2. The molecule has 1 amide bonds. The van der Waals surface area contributed by atoms with Crippen LogP contribution in [0.15, 0.2) is 4.52 Å². The number of carbonyl (C=O) groups excluding carboxylic acids is 1. The van der Waals surface area contributed by atoms with Crippen molar-refractivity contribution in [3.63, 3.8) is 0 Å². The van der Waals surface area contributed by atoms with Gasteiger partial charge in [0.15, 0.2) is 5.82 Å². The van der Waals surface area contributed by atoms with Crippen molar-refractivity contribution in [2.75, 3.05) is 6.54 Å². The van der Waals surface area contributed by atoms with Crippen molar-refractivity contribution >= 4 is 18.3 Å². The molecule has 0 radical (unpaired) electrons. The van der Waals surface area contributed by atoms with Gasteiger partial charge in [-0.1, -0.05) is 5.16 Å². The fourth-order valence-electron chi connectivity index (χ4n) is 3.33. The van der Waals surface area contributed by atoms with Gasteiger partial charge in [-0.3, -0.25) is 4.79 Å². The molecule has 2 fully saturated rings. The summed E-state index contributed by atoms with van der Waals surface area (Å²) >= 11 is 0. The van der Waals surface area contributed by atoms with Crippen LogP contribution < -0.4 is 11.1 Å². The molecule has 1 aliphatic carbocycles. The van der Waals surface area contributed by atoms with Crippen LogP contribution in [0, 0.1) is 6.92 Å². The lowest BCUT2D eigenvalue weighted by atomic mass is 9.86. The van der Waals surface area contributed by atoms with Crippen LogP contribution in [-0.4, -0.2) is 40.8 Å². The molecule has 0 spiro atoms. The molecule has 2 heterocycles. The summed E-state index contributed by atoms with van der Waals surface area (Å²) in [6.45, 7) is 2.31. The summed E-state index contributed by atoms with van der Waals surface area (Å²) in [5.41, 5.74) is 5.58. The van der Waals surface area contributed by atoms with Crippen LogP contribution in [0.25, 0.3) is 0 Å².